The number of aliphatic hydroxyl groups excluding tert-OH is 1. The van der Waals surface area contributed by atoms with E-state index in [0.717, 1.165) is 18.2 Å². The molecule has 1 saturated heterocycles. The van der Waals surface area contributed by atoms with E-state index in [4.69, 9.17) is 4.74 Å². The third-order valence-electron chi connectivity index (χ3n) is 5.60. The number of benzene rings is 2. The van der Waals surface area contributed by atoms with Gasteiger partial charge >= 0.3 is 5.97 Å². The number of likely N-dealkylation sites (tertiary alicyclic amines) is 1. The molecule has 1 fully saturated rings. The van der Waals surface area contributed by atoms with Gasteiger partial charge in [-0.3, -0.25) is 4.90 Å². The van der Waals surface area contributed by atoms with Crippen LogP contribution in [-0.2, 0) is 4.74 Å². The second kappa shape index (κ2) is 9.88. The quantitative estimate of drug-likeness (QED) is 0.439. The lowest BCUT2D eigenvalue weighted by Gasteiger charge is -2.22. The van der Waals surface area contributed by atoms with Crippen LogP contribution in [0.1, 0.15) is 29.4 Å². The fourth-order valence-corrected chi connectivity index (χ4v) is 3.74. The maximum absolute atomic E-state index is 13.8. The SMILES string of the molecule is CCOC(=O)c1cc(-c2cc(F)cc(F)c2)nc(-c2cccc(C#C[C@]3(O)CCN(C)C3O)c2)n1. The summed E-state index contributed by atoms with van der Waals surface area (Å²) in [5.41, 5.74) is -0.356. The number of halogens is 2. The van der Waals surface area contributed by atoms with Crippen LogP contribution in [0.25, 0.3) is 22.6 Å². The molecule has 9 heteroatoms. The van der Waals surface area contributed by atoms with E-state index in [-0.39, 0.29) is 29.4 Å². The molecule has 1 aromatic heterocycles. The maximum Gasteiger partial charge on any atom is 0.357 e. The summed E-state index contributed by atoms with van der Waals surface area (Å²) in [6.45, 7) is 2.28. The van der Waals surface area contributed by atoms with Gasteiger partial charge in [0.15, 0.2) is 17.1 Å². The number of aliphatic hydroxyl groups is 2. The number of carbonyl (C=O) groups excluding carboxylic acids is 1. The maximum atomic E-state index is 13.8. The number of hydrogen-bond acceptors (Lipinski definition) is 7. The van der Waals surface area contributed by atoms with Gasteiger partial charge in [0, 0.05) is 35.7 Å². The van der Waals surface area contributed by atoms with Crippen LogP contribution in [0.5, 0.6) is 0 Å². The van der Waals surface area contributed by atoms with Crippen LogP contribution in [0.3, 0.4) is 0 Å². The third kappa shape index (κ3) is 5.35. The summed E-state index contributed by atoms with van der Waals surface area (Å²) in [5, 5.41) is 20.8. The topological polar surface area (TPSA) is 95.8 Å². The molecule has 4 rings (SSSR count). The Balaban J connectivity index is 1.76. The summed E-state index contributed by atoms with van der Waals surface area (Å²) < 4.78 is 32.7. The summed E-state index contributed by atoms with van der Waals surface area (Å²) in [4.78, 5) is 22.7. The van der Waals surface area contributed by atoms with Crippen LogP contribution >= 0.6 is 0 Å². The smallest absolute Gasteiger partial charge is 0.357 e. The van der Waals surface area contributed by atoms with Gasteiger partial charge in [0.1, 0.15) is 17.9 Å². The molecule has 0 aliphatic carbocycles. The van der Waals surface area contributed by atoms with E-state index in [1.54, 1.807) is 43.1 Å². The summed E-state index contributed by atoms with van der Waals surface area (Å²) in [7, 11) is 1.70. The highest BCUT2D eigenvalue weighted by molar-refractivity contribution is 5.89. The summed E-state index contributed by atoms with van der Waals surface area (Å²) in [6, 6.07) is 11.0. The van der Waals surface area contributed by atoms with Crippen LogP contribution in [0.4, 0.5) is 8.78 Å². The first kappa shape index (κ1) is 24.4. The van der Waals surface area contributed by atoms with Crippen molar-refractivity contribution in [1.29, 1.82) is 0 Å². The van der Waals surface area contributed by atoms with E-state index >= 15 is 0 Å². The molecule has 1 unspecified atom stereocenters. The molecule has 2 aromatic carbocycles. The van der Waals surface area contributed by atoms with Crippen LogP contribution in [0.15, 0.2) is 48.5 Å². The molecular formula is C26H23F2N3O4. The van der Waals surface area contributed by atoms with Gasteiger partial charge in [-0.15, -0.1) is 0 Å². The second-order valence-electron chi connectivity index (χ2n) is 8.20. The first-order chi connectivity index (χ1) is 16.7. The number of carbonyl (C=O) groups is 1. The van der Waals surface area contributed by atoms with Crippen molar-refractivity contribution in [2.24, 2.45) is 0 Å². The van der Waals surface area contributed by atoms with Gasteiger partial charge in [-0.25, -0.2) is 23.5 Å². The molecule has 7 nitrogen and oxygen atoms in total. The molecule has 3 aromatic rings. The summed E-state index contributed by atoms with van der Waals surface area (Å²) in [5.74, 6) is 3.47. The highest BCUT2D eigenvalue weighted by atomic mass is 19.1. The van der Waals surface area contributed by atoms with Crippen LogP contribution in [0, 0.1) is 23.5 Å². The first-order valence-electron chi connectivity index (χ1n) is 11.0. The van der Waals surface area contributed by atoms with Gasteiger partial charge in [-0.2, -0.15) is 0 Å². The molecule has 2 N–H and O–H groups in total. The lowest BCUT2D eigenvalue weighted by molar-refractivity contribution is -0.0633. The van der Waals surface area contributed by atoms with Crippen molar-refractivity contribution in [2.75, 3.05) is 20.2 Å². The molecule has 35 heavy (non-hydrogen) atoms. The number of esters is 1. The normalized spacial score (nSPS) is 19.8. The molecule has 0 saturated carbocycles. The highest BCUT2D eigenvalue weighted by Gasteiger charge is 2.42. The van der Waals surface area contributed by atoms with Gasteiger partial charge < -0.3 is 14.9 Å². The average Bonchev–Trinajstić information content (AvgIpc) is 3.10. The Morgan fingerprint density at radius 1 is 1.17 bits per heavy atom. The Morgan fingerprint density at radius 3 is 2.57 bits per heavy atom. The standard InChI is InChI=1S/C26H23F2N3O4/c1-3-35-24(32)22-15-21(18-12-19(27)14-20(28)13-18)29-23(30-22)17-6-4-5-16(11-17)7-8-26(34)9-10-31(2)25(26)33/h4-6,11-15,25,33-34H,3,9-10H2,1-2H3/t25?,26-/m0/s1. The predicted molar refractivity (Wildman–Crippen MR) is 124 cm³/mol. The largest absolute Gasteiger partial charge is 0.461 e. The van der Waals surface area contributed by atoms with Crippen molar-refractivity contribution in [2.45, 2.75) is 25.2 Å². The molecule has 180 valence electrons. The number of rotatable bonds is 4. The molecular weight excluding hydrogens is 456 g/mol. The van der Waals surface area contributed by atoms with Crippen LogP contribution < -0.4 is 0 Å². The van der Waals surface area contributed by atoms with Gasteiger partial charge in [-0.1, -0.05) is 24.0 Å². The van der Waals surface area contributed by atoms with E-state index in [2.05, 4.69) is 21.8 Å². The molecule has 0 radical (unpaired) electrons. The molecule has 1 aliphatic rings. The zero-order chi connectivity index (χ0) is 25.2. The van der Waals surface area contributed by atoms with Crippen molar-refractivity contribution < 1.29 is 28.5 Å². The summed E-state index contributed by atoms with van der Waals surface area (Å²) in [6.07, 6.45) is -0.799. The molecule has 1 aliphatic heterocycles. The van der Waals surface area contributed by atoms with Gasteiger partial charge in [0.25, 0.3) is 0 Å². The molecule has 0 spiro atoms. The van der Waals surface area contributed by atoms with Crippen molar-refractivity contribution >= 4 is 5.97 Å². The number of ether oxygens (including phenoxy) is 1. The Morgan fingerprint density at radius 2 is 1.91 bits per heavy atom. The van der Waals surface area contributed by atoms with E-state index in [9.17, 15) is 23.8 Å². The third-order valence-corrected chi connectivity index (χ3v) is 5.60. The molecule has 0 amide bonds. The van der Waals surface area contributed by atoms with Crippen molar-refractivity contribution in [1.82, 2.24) is 14.9 Å². The van der Waals surface area contributed by atoms with E-state index in [0.29, 0.717) is 24.1 Å². The van der Waals surface area contributed by atoms with E-state index in [1.165, 1.54) is 6.07 Å². The predicted octanol–water partition coefficient (Wildman–Crippen LogP) is 3.00. The zero-order valence-corrected chi connectivity index (χ0v) is 19.1. The lowest BCUT2D eigenvalue weighted by atomic mass is 10.0. The monoisotopic (exact) mass is 479 g/mol. The molecule has 0 bridgehead atoms. The minimum absolute atomic E-state index is 0.0700. The fraction of sp³-hybridized carbons (Fsp3) is 0.269. The van der Waals surface area contributed by atoms with Gasteiger partial charge in [0.2, 0.25) is 0 Å². The minimum Gasteiger partial charge on any atom is -0.461 e. The van der Waals surface area contributed by atoms with Gasteiger partial charge in [-0.05, 0) is 44.3 Å². The first-order valence-corrected chi connectivity index (χ1v) is 11.0. The number of likely N-dealkylation sites (N-methyl/N-ethyl adjacent to an activating group) is 1. The van der Waals surface area contributed by atoms with Crippen LogP contribution in [0.2, 0.25) is 0 Å². The second-order valence-corrected chi connectivity index (χ2v) is 8.20. The number of aromatic nitrogens is 2. The Bertz CT molecular complexity index is 1320. The Labute approximate surface area is 201 Å². The fourth-order valence-electron chi connectivity index (χ4n) is 3.74. The highest BCUT2D eigenvalue weighted by Crippen LogP contribution is 2.27. The molecule has 2 atom stereocenters. The lowest BCUT2D eigenvalue weighted by Crippen LogP contribution is -2.42. The number of hydrogen-bond donors (Lipinski definition) is 2. The Hall–Kier alpha value is -3.71. The van der Waals surface area contributed by atoms with Crippen molar-refractivity contribution in [3.05, 3.63) is 71.4 Å². The molecule has 2 heterocycles. The summed E-state index contributed by atoms with van der Waals surface area (Å²) >= 11 is 0. The number of nitrogens with zero attached hydrogens (tertiary/aromatic N) is 3. The van der Waals surface area contributed by atoms with Gasteiger partial charge in [0.05, 0.1) is 12.3 Å². The van der Waals surface area contributed by atoms with Crippen molar-refractivity contribution in [3.8, 4) is 34.5 Å². The average molecular weight is 479 g/mol. The van der Waals surface area contributed by atoms with E-state index in [1.807, 2.05) is 0 Å². The van der Waals surface area contributed by atoms with Crippen molar-refractivity contribution in [3.63, 3.8) is 0 Å². The zero-order valence-electron chi connectivity index (χ0n) is 19.1. The van der Waals surface area contributed by atoms with E-state index < -0.39 is 29.4 Å². The van der Waals surface area contributed by atoms with Crippen LogP contribution in [-0.4, -0.2) is 63.1 Å². The minimum atomic E-state index is -1.56. The Kier molecular flexibility index (Phi) is 6.89.